The van der Waals surface area contributed by atoms with Crippen molar-refractivity contribution in [3.63, 3.8) is 0 Å². The van der Waals surface area contributed by atoms with Crippen molar-refractivity contribution in [3.05, 3.63) is 16.6 Å². The van der Waals surface area contributed by atoms with Crippen LogP contribution < -0.4 is 5.32 Å². The summed E-state index contributed by atoms with van der Waals surface area (Å²) in [5.74, 6) is 1.78. The van der Waals surface area contributed by atoms with Crippen molar-refractivity contribution in [2.45, 2.75) is 58.4 Å². The van der Waals surface area contributed by atoms with Gasteiger partial charge < -0.3 is 5.32 Å². The Balaban J connectivity index is 1.95. The summed E-state index contributed by atoms with van der Waals surface area (Å²) in [6.07, 6.45) is 10.2. The lowest BCUT2D eigenvalue weighted by molar-refractivity contribution is 0.196. The zero-order valence-corrected chi connectivity index (χ0v) is 12.5. The van der Waals surface area contributed by atoms with Crippen LogP contribution in [0.3, 0.4) is 0 Å². The van der Waals surface area contributed by atoms with E-state index in [4.69, 9.17) is 0 Å². The van der Waals surface area contributed by atoms with E-state index < -0.39 is 0 Å². The molecule has 1 heterocycles. The van der Waals surface area contributed by atoms with E-state index in [9.17, 15) is 0 Å². The van der Waals surface area contributed by atoms with E-state index in [1.165, 1.54) is 43.4 Å². The van der Waals surface area contributed by atoms with E-state index in [2.05, 4.69) is 30.3 Å². The molecule has 1 fully saturated rings. The van der Waals surface area contributed by atoms with Crippen molar-refractivity contribution in [3.8, 4) is 0 Å². The van der Waals surface area contributed by atoms with E-state index >= 15 is 0 Å². The van der Waals surface area contributed by atoms with Gasteiger partial charge in [-0.05, 0) is 44.1 Å². The molecule has 0 saturated heterocycles. The van der Waals surface area contributed by atoms with Crippen molar-refractivity contribution in [2.75, 3.05) is 6.54 Å². The van der Waals surface area contributed by atoms with Crippen LogP contribution in [0.2, 0.25) is 0 Å². The van der Waals surface area contributed by atoms with Crippen LogP contribution >= 0.6 is 11.3 Å². The van der Waals surface area contributed by atoms with Crippen molar-refractivity contribution < 1.29 is 0 Å². The van der Waals surface area contributed by atoms with Gasteiger partial charge in [-0.25, -0.2) is 0 Å². The molecule has 1 N–H and O–H groups in total. The average molecular weight is 266 g/mol. The highest BCUT2D eigenvalue weighted by atomic mass is 32.1. The summed E-state index contributed by atoms with van der Waals surface area (Å²) >= 11 is 1.81. The lowest BCUT2D eigenvalue weighted by Gasteiger charge is -2.36. The second-order valence-electron chi connectivity index (χ2n) is 5.56. The van der Waals surface area contributed by atoms with Crippen LogP contribution in [0.25, 0.3) is 0 Å². The van der Waals surface area contributed by atoms with E-state index in [0.29, 0.717) is 0 Å². The second-order valence-corrected chi connectivity index (χ2v) is 6.53. The van der Waals surface area contributed by atoms with E-state index in [0.717, 1.165) is 24.4 Å². The normalized spacial score (nSPS) is 28.4. The van der Waals surface area contributed by atoms with E-state index in [-0.39, 0.29) is 0 Å². The lowest BCUT2D eigenvalue weighted by Crippen LogP contribution is -2.41. The molecule has 1 aliphatic rings. The molecule has 1 saturated carbocycles. The van der Waals surface area contributed by atoms with Gasteiger partial charge in [0, 0.05) is 17.1 Å². The fraction of sp³-hybridized carbons (Fsp3) is 0.800. The molecule has 3 atom stereocenters. The number of thiazole rings is 1. The number of nitrogens with one attached hydrogen (secondary N) is 1. The minimum absolute atomic E-state index is 0.727. The first-order valence-corrected chi connectivity index (χ1v) is 8.32. The van der Waals surface area contributed by atoms with Gasteiger partial charge in [-0.2, -0.15) is 0 Å². The molecule has 1 aromatic heterocycles. The Morgan fingerprint density at radius 1 is 1.39 bits per heavy atom. The average Bonchev–Trinajstić information content (AvgIpc) is 2.86. The summed E-state index contributed by atoms with van der Waals surface area (Å²) in [5.41, 5.74) is 1.96. The molecule has 0 bridgehead atoms. The number of nitrogens with zero attached hydrogens (tertiary/aromatic N) is 1. The molecule has 1 aromatic rings. The summed E-state index contributed by atoms with van der Waals surface area (Å²) < 4.78 is 0. The summed E-state index contributed by atoms with van der Waals surface area (Å²) in [7, 11) is 0. The molecule has 0 aromatic carbocycles. The minimum atomic E-state index is 0.727. The molecule has 0 amide bonds. The highest BCUT2D eigenvalue weighted by Gasteiger charge is 2.29. The minimum Gasteiger partial charge on any atom is -0.314 e. The van der Waals surface area contributed by atoms with Crippen LogP contribution in [-0.2, 0) is 6.42 Å². The third kappa shape index (κ3) is 3.79. The van der Waals surface area contributed by atoms with Crippen LogP contribution in [0, 0.1) is 11.8 Å². The quantitative estimate of drug-likeness (QED) is 0.845. The molecule has 2 nitrogen and oxygen atoms in total. The molecule has 3 heteroatoms. The first-order chi connectivity index (χ1) is 8.83. The maximum Gasteiger partial charge on any atom is 0.0794 e. The third-order valence-corrected chi connectivity index (χ3v) is 5.00. The maximum atomic E-state index is 4.21. The predicted octanol–water partition coefficient (Wildman–Crippen LogP) is 3.88. The molecule has 0 spiro atoms. The summed E-state index contributed by atoms with van der Waals surface area (Å²) in [4.78, 5) is 5.67. The Kier molecular flexibility index (Phi) is 5.64. The Bertz CT molecular complexity index is 323. The van der Waals surface area contributed by atoms with Crippen LogP contribution in [0.4, 0.5) is 0 Å². The summed E-state index contributed by atoms with van der Waals surface area (Å²) in [6, 6.07) is 0.727. The van der Waals surface area contributed by atoms with Crippen molar-refractivity contribution in [2.24, 2.45) is 11.8 Å². The number of hydrogen-bond acceptors (Lipinski definition) is 3. The first-order valence-electron chi connectivity index (χ1n) is 7.44. The third-order valence-electron chi connectivity index (χ3n) is 4.20. The summed E-state index contributed by atoms with van der Waals surface area (Å²) in [5, 5.41) is 3.69. The monoisotopic (exact) mass is 266 g/mol. The van der Waals surface area contributed by atoms with Gasteiger partial charge in [-0.3, -0.25) is 4.98 Å². The SMILES string of the molecule is CCCC1CCC(NCC)C(Cc2cncs2)C1. The van der Waals surface area contributed by atoms with Gasteiger partial charge in [0.2, 0.25) is 0 Å². The highest BCUT2D eigenvalue weighted by Crippen LogP contribution is 2.34. The zero-order chi connectivity index (χ0) is 12.8. The maximum absolute atomic E-state index is 4.21. The topological polar surface area (TPSA) is 24.9 Å². The Morgan fingerprint density at radius 2 is 2.28 bits per heavy atom. The molecule has 0 radical (unpaired) electrons. The predicted molar refractivity (Wildman–Crippen MR) is 79.0 cm³/mol. The molecule has 18 heavy (non-hydrogen) atoms. The van der Waals surface area contributed by atoms with Crippen LogP contribution in [0.1, 0.15) is 50.8 Å². The van der Waals surface area contributed by atoms with Crippen molar-refractivity contribution in [1.29, 1.82) is 0 Å². The number of hydrogen-bond donors (Lipinski definition) is 1. The molecule has 0 aliphatic heterocycles. The Labute approximate surface area is 115 Å². The molecule has 1 aliphatic carbocycles. The largest absolute Gasteiger partial charge is 0.314 e. The number of aromatic nitrogens is 1. The van der Waals surface area contributed by atoms with Crippen molar-refractivity contribution in [1.82, 2.24) is 10.3 Å². The van der Waals surface area contributed by atoms with Crippen LogP contribution in [0.5, 0.6) is 0 Å². The molecule has 3 unspecified atom stereocenters. The zero-order valence-electron chi connectivity index (χ0n) is 11.7. The second kappa shape index (κ2) is 7.25. The van der Waals surface area contributed by atoms with Gasteiger partial charge in [0.25, 0.3) is 0 Å². The first kappa shape index (κ1) is 14.0. The standard InChI is InChI=1S/C15H26N2S/c1-3-5-12-6-7-15(17-4-2)13(8-12)9-14-10-16-11-18-14/h10-13,15,17H,3-9H2,1-2H3. The Hall–Kier alpha value is -0.410. The smallest absolute Gasteiger partial charge is 0.0794 e. The number of rotatable bonds is 6. The van der Waals surface area contributed by atoms with Gasteiger partial charge >= 0.3 is 0 Å². The van der Waals surface area contributed by atoms with Gasteiger partial charge in [0.15, 0.2) is 0 Å². The molecule has 2 rings (SSSR count). The summed E-state index contributed by atoms with van der Waals surface area (Å²) in [6.45, 7) is 5.64. The van der Waals surface area contributed by atoms with Crippen LogP contribution in [-0.4, -0.2) is 17.6 Å². The fourth-order valence-corrected chi connectivity index (χ4v) is 4.08. The Morgan fingerprint density at radius 3 is 2.94 bits per heavy atom. The van der Waals surface area contributed by atoms with E-state index in [1.807, 2.05) is 16.8 Å². The van der Waals surface area contributed by atoms with Crippen molar-refractivity contribution >= 4 is 11.3 Å². The van der Waals surface area contributed by atoms with Gasteiger partial charge in [-0.1, -0.05) is 26.7 Å². The molecule has 102 valence electrons. The van der Waals surface area contributed by atoms with Crippen LogP contribution in [0.15, 0.2) is 11.7 Å². The van der Waals surface area contributed by atoms with Gasteiger partial charge in [0.1, 0.15) is 0 Å². The van der Waals surface area contributed by atoms with Gasteiger partial charge in [-0.15, -0.1) is 11.3 Å². The molecular weight excluding hydrogens is 240 g/mol. The lowest BCUT2D eigenvalue weighted by atomic mass is 9.75. The highest BCUT2D eigenvalue weighted by molar-refractivity contribution is 7.09. The van der Waals surface area contributed by atoms with E-state index in [1.54, 1.807) is 0 Å². The fourth-order valence-electron chi connectivity index (χ4n) is 3.39. The van der Waals surface area contributed by atoms with Gasteiger partial charge in [0.05, 0.1) is 5.51 Å². The molecular formula is C15H26N2S.